The minimum atomic E-state index is 0.863. The van der Waals surface area contributed by atoms with Crippen molar-refractivity contribution in [2.45, 2.75) is 38.5 Å². The molecule has 0 aromatic carbocycles. The minimum Gasteiger partial charge on any atom is -0.379 e. The highest BCUT2D eigenvalue weighted by atomic mass is 16.5. The highest BCUT2D eigenvalue weighted by Crippen LogP contribution is 2.18. The van der Waals surface area contributed by atoms with Gasteiger partial charge in [-0.2, -0.15) is 0 Å². The Morgan fingerprint density at radius 2 is 1.20 bits per heavy atom. The molecule has 3 saturated heterocycles. The summed E-state index contributed by atoms with van der Waals surface area (Å²) in [5.41, 5.74) is 0. The van der Waals surface area contributed by atoms with Crippen molar-refractivity contribution >= 4 is 0 Å². The number of ether oxygens (including phenoxy) is 2. The van der Waals surface area contributed by atoms with Gasteiger partial charge < -0.3 is 14.4 Å². The maximum absolute atomic E-state index is 5.49. The van der Waals surface area contributed by atoms with Crippen LogP contribution in [0.4, 0.5) is 0 Å². The predicted molar refractivity (Wildman–Crippen MR) is 102 cm³/mol. The average Bonchev–Trinajstić information content (AvgIpc) is 2.68. The molecule has 3 aliphatic heterocycles. The molecule has 3 aliphatic rings. The largest absolute Gasteiger partial charge is 0.379 e. The highest BCUT2D eigenvalue weighted by molar-refractivity contribution is 4.73. The lowest BCUT2D eigenvalue weighted by Gasteiger charge is -2.33. The van der Waals surface area contributed by atoms with Crippen LogP contribution in [0.25, 0.3) is 0 Å². The van der Waals surface area contributed by atoms with Crippen molar-refractivity contribution in [3.63, 3.8) is 0 Å². The van der Waals surface area contributed by atoms with Gasteiger partial charge in [0.15, 0.2) is 0 Å². The van der Waals surface area contributed by atoms with Crippen molar-refractivity contribution in [2.24, 2.45) is 5.92 Å². The summed E-state index contributed by atoms with van der Waals surface area (Å²) in [6.07, 6.45) is 8.35. The van der Waals surface area contributed by atoms with E-state index in [4.69, 9.17) is 9.47 Å². The Bertz CT molecular complexity index is 338. The molecule has 0 aromatic rings. The molecule has 3 fully saturated rings. The molecule has 5 nitrogen and oxygen atoms in total. The van der Waals surface area contributed by atoms with Crippen molar-refractivity contribution in [3.05, 3.63) is 0 Å². The van der Waals surface area contributed by atoms with Gasteiger partial charge in [-0.15, -0.1) is 0 Å². The zero-order valence-corrected chi connectivity index (χ0v) is 16.2. The fourth-order valence-electron chi connectivity index (χ4n) is 4.45. The first-order valence-corrected chi connectivity index (χ1v) is 10.7. The Labute approximate surface area is 154 Å². The number of nitrogens with zero attached hydrogens (tertiary/aromatic N) is 3. The summed E-state index contributed by atoms with van der Waals surface area (Å²) in [6.45, 7) is 14.7. The Hall–Kier alpha value is -0.200. The van der Waals surface area contributed by atoms with E-state index in [0.29, 0.717) is 0 Å². The normalized spacial score (nSPS) is 25.9. The van der Waals surface area contributed by atoms with Crippen LogP contribution in [0.5, 0.6) is 0 Å². The van der Waals surface area contributed by atoms with Crippen LogP contribution in [0.15, 0.2) is 0 Å². The zero-order chi connectivity index (χ0) is 17.2. The Balaban J connectivity index is 1.39. The number of morpholine rings is 2. The lowest BCUT2D eigenvalue weighted by atomic mass is 9.96. The molecule has 0 N–H and O–H groups in total. The average molecular weight is 354 g/mol. The summed E-state index contributed by atoms with van der Waals surface area (Å²) < 4.78 is 11.0. The third-order valence-corrected chi connectivity index (χ3v) is 6.11. The molecule has 0 amide bonds. The van der Waals surface area contributed by atoms with Gasteiger partial charge in [0.2, 0.25) is 0 Å². The van der Waals surface area contributed by atoms with Crippen LogP contribution in [0.1, 0.15) is 38.5 Å². The van der Waals surface area contributed by atoms with Gasteiger partial charge in [-0.3, -0.25) is 9.80 Å². The maximum Gasteiger partial charge on any atom is 0.0594 e. The van der Waals surface area contributed by atoms with Crippen molar-refractivity contribution in [1.29, 1.82) is 0 Å². The molecule has 25 heavy (non-hydrogen) atoms. The monoisotopic (exact) mass is 353 g/mol. The van der Waals surface area contributed by atoms with Gasteiger partial charge in [-0.25, -0.2) is 0 Å². The van der Waals surface area contributed by atoms with E-state index in [-0.39, 0.29) is 0 Å². The molecule has 146 valence electrons. The molecule has 1 unspecified atom stereocenters. The van der Waals surface area contributed by atoms with Crippen molar-refractivity contribution in [1.82, 2.24) is 14.7 Å². The number of piperidine rings is 1. The van der Waals surface area contributed by atoms with E-state index in [1.54, 1.807) is 0 Å². The van der Waals surface area contributed by atoms with E-state index in [9.17, 15) is 0 Å². The van der Waals surface area contributed by atoms with Crippen LogP contribution in [0.2, 0.25) is 0 Å². The second-order valence-electron chi connectivity index (χ2n) is 8.07. The van der Waals surface area contributed by atoms with Crippen LogP contribution < -0.4 is 0 Å². The highest BCUT2D eigenvalue weighted by Gasteiger charge is 2.19. The van der Waals surface area contributed by atoms with Crippen LogP contribution in [0, 0.1) is 5.92 Å². The van der Waals surface area contributed by atoms with Gasteiger partial charge in [0.1, 0.15) is 0 Å². The lowest BCUT2D eigenvalue weighted by Crippen LogP contribution is -2.40. The summed E-state index contributed by atoms with van der Waals surface area (Å²) >= 11 is 0. The van der Waals surface area contributed by atoms with E-state index in [0.717, 1.165) is 58.5 Å². The third kappa shape index (κ3) is 7.51. The van der Waals surface area contributed by atoms with Crippen LogP contribution in [-0.2, 0) is 9.47 Å². The van der Waals surface area contributed by atoms with Crippen molar-refractivity contribution in [3.8, 4) is 0 Å². The number of hydrogen-bond acceptors (Lipinski definition) is 5. The molecular formula is C20H39N3O2. The SMILES string of the molecule is C1CCN(CC(CCCN2CCOCC2)CCN2CCOCC2)CC1. The molecule has 5 heteroatoms. The van der Waals surface area contributed by atoms with E-state index < -0.39 is 0 Å². The molecule has 3 rings (SSSR count). The topological polar surface area (TPSA) is 28.2 Å². The smallest absolute Gasteiger partial charge is 0.0594 e. The molecule has 0 saturated carbocycles. The van der Waals surface area contributed by atoms with E-state index in [1.165, 1.54) is 71.2 Å². The number of hydrogen-bond donors (Lipinski definition) is 0. The molecular weight excluding hydrogens is 314 g/mol. The standard InChI is InChI=1S/C20H39N3O2/c1-2-7-23(8-3-1)19-20(6-10-22-13-17-25-18-14-22)5-4-9-21-11-15-24-16-12-21/h20H,1-19H2. The second kappa shape index (κ2) is 11.5. The molecule has 0 aromatic heterocycles. The van der Waals surface area contributed by atoms with Gasteiger partial charge in [0.25, 0.3) is 0 Å². The zero-order valence-electron chi connectivity index (χ0n) is 16.2. The van der Waals surface area contributed by atoms with Gasteiger partial charge in [-0.1, -0.05) is 6.42 Å². The first-order chi connectivity index (χ1) is 12.4. The Kier molecular flexibility index (Phi) is 9.00. The molecule has 3 heterocycles. The van der Waals surface area contributed by atoms with Crippen molar-refractivity contribution in [2.75, 3.05) is 85.3 Å². The maximum atomic E-state index is 5.49. The van der Waals surface area contributed by atoms with E-state index in [1.807, 2.05) is 0 Å². The van der Waals surface area contributed by atoms with Gasteiger partial charge in [0.05, 0.1) is 26.4 Å². The van der Waals surface area contributed by atoms with Gasteiger partial charge in [0, 0.05) is 32.7 Å². The van der Waals surface area contributed by atoms with E-state index >= 15 is 0 Å². The second-order valence-corrected chi connectivity index (χ2v) is 8.07. The first kappa shape index (κ1) is 19.6. The van der Waals surface area contributed by atoms with Crippen molar-refractivity contribution < 1.29 is 9.47 Å². The minimum absolute atomic E-state index is 0.863. The predicted octanol–water partition coefficient (Wildman–Crippen LogP) is 1.92. The Morgan fingerprint density at radius 1 is 0.600 bits per heavy atom. The summed E-state index contributed by atoms with van der Waals surface area (Å²) in [5, 5.41) is 0. The number of likely N-dealkylation sites (tertiary alicyclic amines) is 1. The van der Waals surface area contributed by atoms with Crippen LogP contribution in [-0.4, -0.2) is 100 Å². The fraction of sp³-hybridized carbons (Fsp3) is 1.00. The molecule has 0 radical (unpaired) electrons. The summed E-state index contributed by atoms with van der Waals surface area (Å²) in [6, 6.07) is 0. The molecule has 0 bridgehead atoms. The van der Waals surface area contributed by atoms with Gasteiger partial charge >= 0.3 is 0 Å². The quantitative estimate of drug-likeness (QED) is 0.632. The lowest BCUT2D eigenvalue weighted by molar-refractivity contribution is 0.0317. The summed E-state index contributed by atoms with van der Waals surface area (Å²) in [7, 11) is 0. The van der Waals surface area contributed by atoms with Crippen LogP contribution >= 0.6 is 0 Å². The summed E-state index contributed by atoms with van der Waals surface area (Å²) in [4.78, 5) is 7.93. The fourth-order valence-corrected chi connectivity index (χ4v) is 4.45. The summed E-state index contributed by atoms with van der Waals surface area (Å²) in [5.74, 6) is 0.863. The van der Waals surface area contributed by atoms with Gasteiger partial charge in [-0.05, 0) is 64.2 Å². The third-order valence-electron chi connectivity index (χ3n) is 6.11. The molecule has 0 spiro atoms. The van der Waals surface area contributed by atoms with Crippen LogP contribution in [0.3, 0.4) is 0 Å². The van der Waals surface area contributed by atoms with E-state index in [2.05, 4.69) is 14.7 Å². The Morgan fingerprint density at radius 3 is 1.84 bits per heavy atom. The number of rotatable bonds is 9. The molecule has 0 aliphatic carbocycles. The molecule has 1 atom stereocenters. The first-order valence-electron chi connectivity index (χ1n) is 10.7.